The van der Waals surface area contributed by atoms with E-state index in [1.54, 1.807) is 0 Å². The first-order chi connectivity index (χ1) is 4.98. The molecule has 0 rings (SSSR count). The number of carbonyl (C=O) groups excluding carboxylic acids is 1. The van der Waals surface area contributed by atoms with E-state index in [-0.39, 0.29) is 5.41 Å². The highest BCUT2D eigenvalue weighted by Gasteiger charge is 2.18. The summed E-state index contributed by atoms with van der Waals surface area (Å²) in [5, 5.41) is 3.07. The Labute approximate surface area is 74.2 Å². The predicted octanol–water partition coefficient (Wildman–Crippen LogP) is 1.47. The van der Waals surface area contributed by atoms with Gasteiger partial charge < -0.3 is 5.32 Å². The van der Waals surface area contributed by atoms with Crippen LogP contribution in [0.15, 0.2) is 0 Å². The first-order valence-corrected chi connectivity index (χ1v) is 4.35. The van der Waals surface area contributed by atoms with Gasteiger partial charge in [0, 0.05) is 6.54 Å². The van der Waals surface area contributed by atoms with Crippen molar-refractivity contribution in [3.63, 3.8) is 0 Å². The Morgan fingerprint density at radius 2 is 2.18 bits per heavy atom. The van der Waals surface area contributed by atoms with Gasteiger partial charge >= 0.3 is 0 Å². The number of thiol groups is 1. The Morgan fingerprint density at radius 1 is 1.64 bits per heavy atom. The van der Waals surface area contributed by atoms with Crippen molar-refractivity contribution in [1.82, 2.24) is 5.32 Å². The number of hydrogen-bond acceptors (Lipinski definition) is 2. The maximum absolute atomic E-state index is 10.0. The Balaban J connectivity index is 3.69. The van der Waals surface area contributed by atoms with Gasteiger partial charge in [0.15, 0.2) is 0 Å². The zero-order valence-corrected chi connectivity index (χ0v) is 8.32. The minimum atomic E-state index is 0.155. The molecular formula is C8H17NOS. The molecule has 0 fully saturated rings. The second-order valence-electron chi connectivity index (χ2n) is 3.72. The van der Waals surface area contributed by atoms with Crippen LogP contribution in [-0.2, 0) is 4.79 Å². The van der Waals surface area contributed by atoms with E-state index in [1.807, 2.05) is 0 Å². The molecule has 2 nitrogen and oxygen atoms in total. The molecule has 0 heterocycles. The van der Waals surface area contributed by atoms with Gasteiger partial charge in [-0.3, -0.25) is 4.79 Å². The molecule has 0 saturated heterocycles. The molecule has 0 aromatic heterocycles. The van der Waals surface area contributed by atoms with Gasteiger partial charge in [-0.1, -0.05) is 20.8 Å². The molecular weight excluding hydrogens is 158 g/mol. The minimum Gasteiger partial charge on any atom is -0.358 e. The number of rotatable bonds is 5. The van der Waals surface area contributed by atoms with Gasteiger partial charge in [0.05, 0.1) is 0 Å². The molecule has 0 bridgehead atoms. The van der Waals surface area contributed by atoms with E-state index >= 15 is 0 Å². The third kappa shape index (κ3) is 6.23. The van der Waals surface area contributed by atoms with Crippen LogP contribution in [0.2, 0.25) is 0 Å². The lowest BCUT2D eigenvalue weighted by Gasteiger charge is -2.25. The van der Waals surface area contributed by atoms with Crippen LogP contribution in [0.5, 0.6) is 0 Å². The maximum Gasteiger partial charge on any atom is 0.207 e. The van der Waals surface area contributed by atoms with Crippen LogP contribution in [0.1, 0.15) is 27.2 Å². The summed E-state index contributed by atoms with van der Waals surface area (Å²) in [6.07, 6.45) is 1.75. The van der Waals surface area contributed by atoms with E-state index in [2.05, 4.69) is 38.7 Å². The summed E-state index contributed by atoms with van der Waals surface area (Å²) in [4.78, 5) is 10.0. The molecule has 0 aliphatic rings. The summed E-state index contributed by atoms with van der Waals surface area (Å²) in [5.41, 5.74) is 0.155. The van der Waals surface area contributed by atoms with Gasteiger partial charge in [0.25, 0.3) is 0 Å². The average Bonchev–Trinajstić information content (AvgIpc) is 1.81. The van der Waals surface area contributed by atoms with Crippen molar-refractivity contribution in [1.29, 1.82) is 0 Å². The van der Waals surface area contributed by atoms with Crippen molar-refractivity contribution in [2.45, 2.75) is 32.4 Å². The molecule has 11 heavy (non-hydrogen) atoms. The van der Waals surface area contributed by atoms with Crippen molar-refractivity contribution in [3.05, 3.63) is 0 Å². The quantitative estimate of drug-likeness (QED) is 0.481. The highest BCUT2D eigenvalue weighted by molar-refractivity contribution is 7.80. The molecule has 1 N–H and O–H groups in total. The normalized spacial score (nSPS) is 14.2. The monoisotopic (exact) mass is 175 g/mol. The van der Waals surface area contributed by atoms with Crippen LogP contribution in [0.25, 0.3) is 0 Å². The van der Waals surface area contributed by atoms with Crippen molar-refractivity contribution in [2.75, 3.05) is 6.54 Å². The minimum absolute atomic E-state index is 0.155. The van der Waals surface area contributed by atoms with Crippen molar-refractivity contribution >= 4 is 19.0 Å². The van der Waals surface area contributed by atoms with Crippen molar-refractivity contribution in [3.8, 4) is 0 Å². The molecule has 0 aliphatic heterocycles. The topological polar surface area (TPSA) is 29.1 Å². The smallest absolute Gasteiger partial charge is 0.207 e. The Morgan fingerprint density at radius 3 is 2.55 bits per heavy atom. The van der Waals surface area contributed by atoms with Crippen LogP contribution >= 0.6 is 12.6 Å². The fraction of sp³-hybridized carbons (Fsp3) is 0.875. The highest BCUT2D eigenvalue weighted by Crippen LogP contribution is 2.22. The summed E-state index contributed by atoms with van der Waals surface area (Å²) in [6.45, 7) is 7.03. The third-order valence-electron chi connectivity index (χ3n) is 1.51. The molecule has 1 amide bonds. The van der Waals surface area contributed by atoms with Gasteiger partial charge in [-0.15, -0.1) is 0 Å². The zero-order valence-electron chi connectivity index (χ0n) is 7.42. The van der Waals surface area contributed by atoms with E-state index < -0.39 is 0 Å². The lowest BCUT2D eigenvalue weighted by Crippen LogP contribution is -2.30. The van der Waals surface area contributed by atoms with E-state index in [0.29, 0.717) is 5.25 Å². The fourth-order valence-corrected chi connectivity index (χ4v) is 1.68. The number of carbonyl (C=O) groups is 1. The van der Waals surface area contributed by atoms with Gasteiger partial charge in [-0.05, 0) is 17.1 Å². The second kappa shape index (κ2) is 4.65. The molecule has 0 saturated carbocycles. The standard InChI is InChI=1S/C8H17NOS/c1-7(11)4-8(2,3)5-9-6-10/h6-7,11H,4-5H2,1-3H3,(H,9,10). The second-order valence-corrected chi connectivity index (χ2v) is 4.60. The molecule has 0 aromatic rings. The lowest BCUT2D eigenvalue weighted by atomic mass is 9.88. The first-order valence-electron chi connectivity index (χ1n) is 3.83. The van der Waals surface area contributed by atoms with Crippen LogP contribution in [0.4, 0.5) is 0 Å². The summed E-state index contributed by atoms with van der Waals surface area (Å²) in [5.74, 6) is 0. The fourth-order valence-electron chi connectivity index (χ4n) is 1.19. The Kier molecular flexibility index (Phi) is 4.57. The van der Waals surface area contributed by atoms with Crippen LogP contribution in [-0.4, -0.2) is 18.2 Å². The maximum atomic E-state index is 10.0. The average molecular weight is 175 g/mol. The zero-order chi connectivity index (χ0) is 8.91. The van der Waals surface area contributed by atoms with E-state index in [9.17, 15) is 4.79 Å². The summed E-state index contributed by atoms with van der Waals surface area (Å²) < 4.78 is 0. The molecule has 0 spiro atoms. The molecule has 0 radical (unpaired) electrons. The van der Waals surface area contributed by atoms with E-state index in [0.717, 1.165) is 19.4 Å². The summed E-state index contributed by atoms with van der Waals surface area (Å²) >= 11 is 4.30. The van der Waals surface area contributed by atoms with E-state index in [4.69, 9.17) is 0 Å². The lowest BCUT2D eigenvalue weighted by molar-refractivity contribution is -0.109. The Bertz CT molecular complexity index is 123. The molecule has 3 heteroatoms. The third-order valence-corrected chi connectivity index (χ3v) is 1.69. The molecule has 1 atom stereocenters. The number of hydrogen-bond donors (Lipinski definition) is 2. The molecule has 0 aromatic carbocycles. The van der Waals surface area contributed by atoms with Crippen LogP contribution in [0, 0.1) is 5.41 Å². The Hall–Kier alpha value is -0.180. The van der Waals surface area contributed by atoms with Gasteiger partial charge in [0.1, 0.15) is 0 Å². The van der Waals surface area contributed by atoms with E-state index in [1.165, 1.54) is 0 Å². The van der Waals surface area contributed by atoms with Gasteiger partial charge in [-0.25, -0.2) is 0 Å². The van der Waals surface area contributed by atoms with Gasteiger partial charge in [-0.2, -0.15) is 12.6 Å². The van der Waals surface area contributed by atoms with Crippen molar-refractivity contribution < 1.29 is 4.79 Å². The van der Waals surface area contributed by atoms with Crippen LogP contribution in [0.3, 0.4) is 0 Å². The number of amides is 1. The van der Waals surface area contributed by atoms with Crippen molar-refractivity contribution in [2.24, 2.45) is 5.41 Å². The van der Waals surface area contributed by atoms with Gasteiger partial charge in [0.2, 0.25) is 6.41 Å². The summed E-state index contributed by atoms with van der Waals surface area (Å²) in [6, 6.07) is 0. The first kappa shape index (κ1) is 10.8. The highest BCUT2D eigenvalue weighted by atomic mass is 32.1. The molecule has 0 aliphatic carbocycles. The molecule has 66 valence electrons. The predicted molar refractivity (Wildman–Crippen MR) is 50.9 cm³/mol. The summed E-state index contributed by atoms with van der Waals surface area (Å²) in [7, 11) is 0. The SMILES string of the molecule is CC(S)CC(C)(C)CNC=O. The molecule has 1 unspecified atom stereocenters. The van der Waals surface area contributed by atoms with Crippen LogP contribution < -0.4 is 5.32 Å². The number of nitrogens with one attached hydrogen (secondary N) is 1. The largest absolute Gasteiger partial charge is 0.358 e.